The number of nitrogens with zero attached hydrogens (tertiary/aromatic N) is 3. The minimum Gasteiger partial charge on any atom is -0.373 e. The Labute approximate surface area is 153 Å². The summed E-state index contributed by atoms with van der Waals surface area (Å²) in [6.07, 6.45) is 0.341. The van der Waals surface area contributed by atoms with Crippen LogP contribution in [-0.4, -0.2) is 48.5 Å². The fraction of sp³-hybridized carbons (Fsp3) is 0.333. The molecule has 2 aromatic rings. The van der Waals surface area contributed by atoms with Crippen molar-refractivity contribution in [3.8, 4) is 0 Å². The Kier molecular flexibility index (Phi) is 4.57. The maximum Gasteiger partial charge on any atom is 0.278 e. The number of aliphatic imine (C=N–C) groups is 1. The topological polar surface area (TPSA) is 45.1 Å². The number of para-hydroxylation sites is 2. The Morgan fingerprint density at radius 2 is 1.65 bits per heavy atom. The smallest absolute Gasteiger partial charge is 0.278 e. The molecule has 0 radical (unpaired) electrons. The molecule has 5 nitrogen and oxygen atoms in total. The predicted octanol–water partition coefficient (Wildman–Crippen LogP) is 3.22. The zero-order valence-corrected chi connectivity index (χ0v) is 15.1. The second-order valence-electron chi connectivity index (χ2n) is 6.98. The highest BCUT2D eigenvalue weighted by Gasteiger charge is 2.35. The van der Waals surface area contributed by atoms with E-state index in [-0.39, 0.29) is 18.1 Å². The van der Waals surface area contributed by atoms with Crippen molar-refractivity contribution in [2.24, 2.45) is 4.99 Å². The fourth-order valence-electron chi connectivity index (χ4n) is 3.74. The molecule has 0 bridgehead atoms. The molecule has 0 spiro atoms. The third-order valence-electron chi connectivity index (χ3n) is 4.73. The Bertz CT molecular complexity index is 824. The van der Waals surface area contributed by atoms with E-state index in [4.69, 9.17) is 4.74 Å². The first-order chi connectivity index (χ1) is 12.6. The van der Waals surface area contributed by atoms with Crippen LogP contribution in [-0.2, 0) is 9.53 Å². The van der Waals surface area contributed by atoms with Gasteiger partial charge in [0.05, 0.1) is 30.3 Å². The molecule has 0 saturated carbocycles. The van der Waals surface area contributed by atoms with Crippen molar-refractivity contribution in [1.29, 1.82) is 0 Å². The van der Waals surface area contributed by atoms with Gasteiger partial charge in [-0.05, 0) is 32.0 Å². The third-order valence-corrected chi connectivity index (χ3v) is 4.73. The first kappa shape index (κ1) is 16.9. The fourth-order valence-corrected chi connectivity index (χ4v) is 3.74. The van der Waals surface area contributed by atoms with Gasteiger partial charge < -0.3 is 4.74 Å². The van der Waals surface area contributed by atoms with Crippen LogP contribution in [0.25, 0.3) is 0 Å². The standard InChI is InChI=1S/C21H23N3O2/c1-15-12-23(13-16(2)26-15)14-24-19-11-7-6-10-18(19)20(21(24)25)22-17-8-4-3-5-9-17/h3-11,15-16H,12-14H2,1-2H3/t15-,16-/m0/s1. The number of fused-ring (bicyclic) bond motifs is 1. The molecule has 2 aliphatic rings. The van der Waals surface area contributed by atoms with Crippen molar-refractivity contribution >= 4 is 23.0 Å². The van der Waals surface area contributed by atoms with E-state index in [2.05, 4.69) is 23.7 Å². The number of benzene rings is 2. The molecular formula is C21H23N3O2. The second kappa shape index (κ2) is 7.02. The van der Waals surface area contributed by atoms with Crippen LogP contribution in [0.2, 0.25) is 0 Å². The molecule has 4 rings (SSSR count). The van der Waals surface area contributed by atoms with Gasteiger partial charge in [0.1, 0.15) is 5.71 Å². The van der Waals surface area contributed by atoms with Gasteiger partial charge in [-0.25, -0.2) is 4.99 Å². The van der Waals surface area contributed by atoms with Crippen molar-refractivity contribution in [3.05, 3.63) is 60.2 Å². The maximum atomic E-state index is 13.1. The lowest BCUT2D eigenvalue weighted by molar-refractivity contribution is -0.113. The number of hydrogen-bond acceptors (Lipinski definition) is 4. The summed E-state index contributed by atoms with van der Waals surface area (Å²) in [4.78, 5) is 21.9. The molecule has 2 heterocycles. The van der Waals surface area contributed by atoms with Crippen molar-refractivity contribution in [3.63, 3.8) is 0 Å². The number of morpholine rings is 1. The number of carbonyl (C=O) groups is 1. The van der Waals surface area contributed by atoms with Crippen molar-refractivity contribution in [2.45, 2.75) is 26.1 Å². The molecule has 1 amide bonds. The molecular weight excluding hydrogens is 326 g/mol. The van der Waals surface area contributed by atoms with Gasteiger partial charge in [0.2, 0.25) is 0 Å². The van der Waals surface area contributed by atoms with Gasteiger partial charge in [0.25, 0.3) is 5.91 Å². The minimum atomic E-state index is -0.0400. The van der Waals surface area contributed by atoms with Crippen molar-refractivity contribution in [2.75, 3.05) is 24.7 Å². The summed E-state index contributed by atoms with van der Waals surface area (Å²) < 4.78 is 5.81. The predicted molar refractivity (Wildman–Crippen MR) is 103 cm³/mol. The van der Waals surface area contributed by atoms with Gasteiger partial charge in [-0.2, -0.15) is 0 Å². The van der Waals surface area contributed by atoms with Gasteiger partial charge in [-0.15, -0.1) is 0 Å². The van der Waals surface area contributed by atoms with E-state index in [0.717, 1.165) is 30.0 Å². The largest absolute Gasteiger partial charge is 0.373 e. The second-order valence-corrected chi connectivity index (χ2v) is 6.98. The van der Waals surface area contributed by atoms with Crippen LogP contribution in [0.5, 0.6) is 0 Å². The van der Waals surface area contributed by atoms with Gasteiger partial charge in [0, 0.05) is 18.7 Å². The number of anilines is 1. The van der Waals surface area contributed by atoms with Gasteiger partial charge in [0.15, 0.2) is 0 Å². The molecule has 2 aliphatic heterocycles. The van der Waals surface area contributed by atoms with Gasteiger partial charge in [-0.1, -0.05) is 36.4 Å². The quantitative estimate of drug-likeness (QED) is 0.855. The summed E-state index contributed by atoms with van der Waals surface area (Å²) in [7, 11) is 0. The zero-order valence-electron chi connectivity index (χ0n) is 15.1. The molecule has 5 heteroatoms. The zero-order chi connectivity index (χ0) is 18.1. The van der Waals surface area contributed by atoms with E-state index in [1.807, 2.05) is 59.5 Å². The molecule has 0 aliphatic carbocycles. The van der Waals surface area contributed by atoms with Crippen molar-refractivity contribution < 1.29 is 9.53 Å². The van der Waals surface area contributed by atoms with Crippen molar-refractivity contribution in [1.82, 2.24) is 4.90 Å². The molecule has 26 heavy (non-hydrogen) atoms. The molecule has 1 saturated heterocycles. The summed E-state index contributed by atoms with van der Waals surface area (Å²) in [5.41, 5.74) is 3.14. The van der Waals surface area contributed by atoms with Crippen LogP contribution in [0.4, 0.5) is 11.4 Å². The van der Waals surface area contributed by atoms with E-state index in [1.54, 1.807) is 0 Å². The van der Waals surface area contributed by atoms with Crippen LogP contribution in [0.3, 0.4) is 0 Å². The Balaban J connectivity index is 1.65. The SMILES string of the molecule is C[C@H]1CN(CN2C(=O)C(=Nc3ccccc3)c3ccccc32)C[C@H](C)O1. The number of amides is 1. The average molecular weight is 349 g/mol. The molecule has 1 fully saturated rings. The van der Waals surface area contributed by atoms with Crippen LogP contribution in [0.1, 0.15) is 19.4 Å². The molecule has 134 valence electrons. The third kappa shape index (κ3) is 3.28. The monoisotopic (exact) mass is 349 g/mol. The lowest BCUT2D eigenvalue weighted by Crippen LogP contribution is -2.50. The number of ether oxygens (including phenoxy) is 1. The van der Waals surface area contributed by atoms with E-state index >= 15 is 0 Å². The summed E-state index contributed by atoms with van der Waals surface area (Å²) >= 11 is 0. The summed E-state index contributed by atoms with van der Waals surface area (Å²) in [6.45, 7) is 6.35. The normalized spacial score (nSPS) is 24.9. The molecule has 0 aromatic heterocycles. The number of rotatable bonds is 3. The van der Waals surface area contributed by atoms with Crippen LogP contribution >= 0.6 is 0 Å². The minimum absolute atomic E-state index is 0.0400. The van der Waals surface area contributed by atoms with E-state index in [9.17, 15) is 4.79 Å². The molecule has 2 atom stereocenters. The van der Waals surface area contributed by atoms with Gasteiger partial charge >= 0.3 is 0 Å². The first-order valence-corrected chi connectivity index (χ1v) is 9.04. The van der Waals surface area contributed by atoms with E-state index in [0.29, 0.717) is 12.4 Å². The summed E-state index contributed by atoms with van der Waals surface area (Å²) in [6, 6.07) is 17.5. The Morgan fingerprint density at radius 3 is 2.38 bits per heavy atom. The molecule has 0 unspecified atom stereocenters. The van der Waals surface area contributed by atoms with Gasteiger partial charge in [-0.3, -0.25) is 14.6 Å². The van der Waals surface area contributed by atoms with Crippen LogP contribution in [0, 0.1) is 0 Å². The molecule has 0 N–H and O–H groups in total. The average Bonchev–Trinajstić information content (AvgIpc) is 2.88. The first-order valence-electron chi connectivity index (χ1n) is 9.04. The van der Waals surface area contributed by atoms with E-state index in [1.165, 1.54) is 0 Å². The lowest BCUT2D eigenvalue weighted by atomic mass is 10.1. The highest BCUT2D eigenvalue weighted by atomic mass is 16.5. The van der Waals surface area contributed by atoms with Crippen LogP contribution < -0.4 is 4.90 Å². The Morgan fingerprint density at radius 1 is 1.00 bits per heavy atom. The number of carbonyl (C=O) groups excluding carboxylic acids is 1. The highest BCUT2D eigenvalue weighted by molar-refractivity contribution is 6.54. The lowest BCUT2D eigenvalue weighted by Gasteiger charge is -2.37. The molecule has 2 aromatic carbocycles. The maximum absolute atomic E-state index is 13.1. The highest BCUT2D eigenvalue weighted by Crippen LogP contribution is 2.31. The number of hydrogen-bond donors (Lipinski definition) is 0. The summed E-state index contributed by atoms with van der Waals surface area (Å²) in [5, 5.41) is 0. The Hall–Kier alpha value is -2.50. The van der Waals surface area contributed by atoms with E-state index < -0.39 is 0 Å². The van der Waals surface area contributed by atoms with Crippen LogP contribution in [0.15, 0.2) is 59.6 Å². The summed E-state index contributed by atoms with van der Waals surface area (Å²) in [5.74, 6) is -0.0400.